The van der Waals surface area contributed by atoms with E-state index in [0.717, 1.165) is 153 Å². The molecular formula is C82H110ClN25O8. The van der Waals surface area contributed by atoms with Gasteiger partial charge in [-0.25, -0.2) is 29.9 Å². The van der Waals surface area contributed by atoms with Crippen LogP contribution in [0.4, 0.5) is 63.6 Å². The van der Waals surface area contributed by atoms with E-state index in [1.54, 1.807) is 13.1 Å². The number of aryl methyl sites for hydroxylation is 3. The summed E-state index contributed by atoms with van der Waals surface area (Å²) in [5.41, 5.74) is 8.00. The van der Waals surface area contributed by atoms with Gasteiger partial charge in [0.1, 0.15) is 57.3 Å². The maximum atomic E-state index is 12.0. The molecular weight excluding hydrogens is 1500 g/mol. The van der Waals surface area contributed by atoms with E-state index < -0.39 is 5.97 Å². The van der Waals surface area contributed by atoms with Crippen LogP contribution in [0.5, 0.6) is 0 Å². The molecule has 0 unspecified atom stereocenters. The van der Waals surface area contributed by atoms with Gasteiger partial charge in [-0.2, -0.15) is 15.3 Å². The van der Waals surface area contributed by atoms with Gasteiger partial charge in [0, 0.05) is 193 Å². The number of aromatic amines is 3. The highest BCUT2D eigenvalue weighted by atomic mass is 35.5. The summed E-state index contributed by atoms with van der Waals surface area (Å²) in [5, 5.41) is 55.3. The van der Waals surface area contributed by atoms with Crippen LogP contribution >= 0.6 is 11.6 Å². The van der Waals surface area contributed by atoms with E-state index in [-0.39, 0.29) is 74.4 Å². The maximum absolute atomic E-state index is 12.0. The van der Waals surface area contributed by atoms with Crippen molar-refractivity contribution in [3.8, 4) is 0 Å². The first-order chi connectivity index (χ1) is 54.9. The number of rotatable bonds is 26. The average Bonchev–Trinajstić information content (AvgIpc) is 1.21. The van der Waals surface area contributed by atoms with Gasteiger partial charge in [-0.15, -0.1) is 0 Å². The molecule has 0 bridgehead atoms. The summed E-state index contributed by atoms with van der Waals surface area (Å²) >= 11 is 6.14. The zero-order valence-electron chi connectivity index (χ0n) is 65.5. The first-order valence-corrected chi connectivity index (χ1v) is 39.1. The van der Waals surface area contributed by atoms with Gasteiger partial charge in [-0.1, -0.05) is 62.9 Å². The van der Waals surface area contributed by atoms with E-state index in [9.17, 15) is 28.8 Å². The molecule has 9 heterocycles. The summed E-state index contributed by atoms with van der Waals surface area (Å²) < 4.78 is 5.24. The molecule has 116 heavy (non-hydrogen) atoms. The Morgan fingerprint density at radius 3 is 1.13 bits per heavy atom. The van der Waals surface area contributed by atoms with Gasteiger partial charge in [0.25, 0.3) is 0 Å². The molecule has 3 saturated heterocycles. The predicted octanol–water partition coefficient (Wildman–Crippen LogP) is 9.81. The van der Waals surface area contributed by atoms with Crippen molar-refractivity contribution in [3.63, 3.8) is 0 Å². The predicted molar refractivity (Wildman–Crippen MR) is 450 cm³/mol. The Hall–Kier alpha value is -11.5. The molecule has 6 fully saturated rings. The Bertz CT molecular complexity index is 4730. The molecule has 4 amide bonds. The van der Waals surface area contributed by atoms with Gasteiger partial charge in [-0.3, -0.25) is 58.8 Å². The highest BCUT2D eigenvalue weighted by molar-refractivity contribution is 6.29. The number of piperazine rings is 3. The molecule has 6 aliphatic rings. The third kappa shape index (κ3) is 28.2. The number of ether oxygens (including phenoxy) is 1. The van der Waals surface area contributed by atoms with Gasteiger partial charge >= 0.3 is 11.9 Å². The van der Waals surface area contributed by atoms with E-state index >= 15 is 0 Å². The molecule has 3 saturated carbocycles. The van der Waals surface area contributed by atoms with Gasteiger partial charge in [0.05, 0.1) is 19.6 Å². The molecule has 12 N–H and O–H groups in total. The van der Waals surface area contributed by atoms with E-state index in [1.807, 2.05) is 150 Å². The number of H-pyrrole nitrogens is 3. The number of carboxylic acids is 1. The molecule has 6 aromatic heterocycles. The number of benzene rings is 3. The van der Waals surface area contributed by atoms with Crippen molar-refractivity contribution in [1.82, 2.24) is 85.8 Å². The minimum atomic E-state index is -0.813. The van der Waals surface area contributed by atoms with Crippen LogP contribution in [0.1, 0.15) is 125 Å². The van der Waals surface area contributed by atoms with Gasteiger partial charge in [0.15, 0.2) is 17.5 Å². The third-order valence-corrected chi connectivity index (χ3v) is 19.3. The number of aliphatic carboxylic acids is 1. The molecule has 34 heteroatoms. The van der Waals surface area contributed by atoms with Crippen molar-refractivity contribution in [2.24, 2.45) is 17.8 Å². The smallest absolute Gasteiger partial charge is 0.320 e. The van der Waals surface area contributed by atoms with Crippen molar-refractivity contribution in [3.05, 3.63) is 166 Å². The SMILES string of the molecule is C.C.CC(C)(C)OC(=O)CN1CCNCC1.CNC(=O)CN1CCN(c2cc(Nc3cc(C)[nH]n3)nc(Cc3ccc(NC(=O)C4CC4)cc3)n2)CC1.Cc1cc(Nc2cc(Cl)nc(Cc3ccc(NC(=O)C4CC4)cc3)n2)n[nH]1.Cc1cc(Nc2cc(N3CCN(CC(=O)O)CC3)nc(Cc3ccc(NC(=O)C4CC4)cc3)n2)n[nH]1. The fourth-order valence-corrected chi connectivity index (χ4v) is 12.8. The topological polar surface area (TPSA) is 408 Å². The summed E-state index contributed by atoms with van der Waals surface area (Å²) in [6, 6.07) is 34.5. The molecule has 3 aliphatic heterocycles. The molecule has 9 aromatic rings. The van der Waals surface area contributed by atoms with E-state index in [0.29, 0.717) is 116 Å². The summed E-state index contributed by atoms with van der Waals surface area (Å²) in [6.45, 7) is 21.9. The highest BCUT2D eigenvalue weighted by Gasteiger charge is 2.32. The number of likely N-dealkylation sites (N-methyl/N-ethyl adjacent to an activating group) is 1. The lowest BCUT2D eigenvalue weighted by Crippen LogP contribution is -2.49. The van der Waals surface area contributed by atoms with Crippen LogP contribution in [-0.4, -0.2) is 227 Å². The number of carbonyl (C=O) groups excluding carboxylic acids is 5. The molecule has 3 aliphatic carbocycles. The molecule has 15 rings (SSSR count). The Labute approximate surface area is 681 Å². The van der Waals surface area contributed by atoms with E-state index in [4.69, 9.17) is 41.4 Å². The Balaban J connectivity index is 0.000000170. The van der Waals surface area contributed by atoms with Crippen LogP contribution in [0.3, 0.4) is 0 Å². The van der Waals surface area contributed by atoms with Gasteiger partial charge in [-0.05, 0) is 133 Å². The van der Waals surface area contributed by atoms with Crippen molar-refractivity contribution in [2.45, 2.75) is 120 Å². The summed E-state index contributed by atoms with van der Waals surface area (Å²) in [4.78, 5) is 109. The number of halogens is 1. The molecule has 0 radical (unpaired) electrons. The number of anilines is 11. The van der Waals surface area contributed by atoms with Gasteiger partial charge in [0.2, 0.25) is 23.6 Å². The number of amides is 4. The molecule has 0 atom stereocenters. The summed E-state index contributed by atoms with van der Waals surface area (Å²) in [7, 11) is 1.66. The van der Waals surface area contributed by atoms with Crippen LogP contribution < -0.4 is 52.3 Å². The largest absolute Gasteiger partial charge is 0.480 e. The fourth-order valence-electron chi connectivity index (χ4n) is 12.6. The van der Waals surface area contributed by atoms with Gasteiger partial charge < -0.3 is 62.2 Å². The zero-order valence-corrected chi connectivity index (χ0v) is 66.3. The first kappa shape index (κ1) is 86.9. The third-order valence-electron chi connectivity index (χ3n) is 19.1. The second-order valence-electron chi connectivity index (χ2n) is 30.3. The Kier molecular flexibility index (Phi) is 30.8. The standard InChI is InChI=1S/C26H33N9O2.C25H30N8O3.C19H19ClN6O.C10H20N2O2.2CH4/c1-17-13-23(33-32-17)30-22-15-24(35-11-9-34(10-12-35)16-25(36)27-2)31-21(29-22)14-18-3-7-20(8-4-18)28-26(37)19-5-6-19;1-16-12-22(31-30-16)28-21-14-23(33-10-8-32(9-11-33)15-24(34)35)29-20(27-21)13-17-2-6-19(7-3-17)26-25(36)18-4-5-18;1-11-8-18(26-25-11)24-17-10-15(20)22-16(23-17)9-12-2-6-14(7-3-12)21-19(27)13-4-5-13;1-10(2,3)14-9(13)8-12-6-4-11-5-7-12;;/h3-4,7-8,13,15,19H,5-6,9-12,14,16H2,1-2H3,(H,27,36)(H,28,37)(H2,29,30,31,32,33);2-3,6-7,12,14,18H,4-5,8-11,13,15H2,1H3,(H,26,36)(H,34,35)(H2,27,28,29,30,31);2-3,6-8,10,13H,4-5,9H2,1H3,(H,21,27)(H2,22,23,24,25,26);11H,4-8H2,1-3H3;2*1H4. The quantitative estimate of drug-likeness (QED) is 0.0177. The Morgan fingerprint density at radius 2 is 0.802 bits per heavy atom. The van der Waals surface area contributed by atoms with E-state index in [1.165, 1.54) is 0 Å². The number of hydrogen-bond donors (Lipinski definition) is 12. The number of esters is 1. The fraction of sp³-hybridized carbons (Fsp3) is 0.451. The van der Waals surface area contributed by atoms with Crippen LogP contribution in [0.2, 0.25) is 5.15 Å². The minimum absolute atomic E-state index is 0. The second kappa shape index (κ2) is 41.2. The Morgan fingerprint density at radius 1 is 0.457 bits per heavy atom. The van der Waals surface area contributed by atoms with Crippen LogP contribution in [0, 0.1) is 38.5 Å². The normalized spacial score (nSPS) is 15.5. The number of nitrogens with one attached hydrogen (secondary N) is 11. The molecule has 0 spiro atoms. The highest BCUT2D eigenvalue weighted by Crippen LogP contribution is 2.33. The average molecular weight is 1610 g/mol. The number of carbonyl (C=O) groups is 6. The minimum Gasteiger partial charge on any atom is -0.480 e. The van der Waals surface area contributed by atoms with E-state index in [2.05, 4.69) is 103 Å². The second-order valence-corrected chi connectivity index (χ2v) is 30.7. The van der Waals surface area contributed by atoms with Crippen molar-refractivity contribution >= 4 is 111 Å². The first-order valence-electron chi connectivity index (χ1n) is 38.8. The number of hydrogen-bond acceptors (Lipinski definition) is 25. The monoisotopic (exact) mass is 1610 g/mol. The van der Waals surface area contributed by atoms with Crippen molar-refractivity contribution in [2.75, 3.05) is 147 Å². The van der Waals surface area contributed by atoms with Crippen LogP contribution in [0.25, 0.3) is 0 Å². The molecule has 618 valence electrons. The summed E-state index contributed by atoms with van der Waals surface area (Å²) in [5.74, 6) is 7.42. The lowest BCUT2D eigenvalue weighted by atomic mass is 10.1. The lowest BCUT2D eigenvalue weighted by Gasteiger charge is -2.35. The van der Waals surface area contributed by atoms with Crippen molar-refractivity contribution in [1.29, 1.82) is 0 Å². The molecule has 3 aromatic carbocycles. The number of nitrogens with zero attached hydrogens (tertiary/aromatic N) is 14. The zero-order chi connectivity index (χ0) is 80.3. The summed E-state index contributed by atoms with van der Waals surface area (Å²) in [6.07, 6.45) is 7.50. The molecule has 33 nitrogen and oxygen atoms in total. The lowest BCUT2D eigenvalue weighted by molar-refractivity contribution is -0.156. The van der Waals surface area contributed by atoms with Crippen LogP contribution in [0.15, 0.2) is 109 Å². The maximum Gasteiger partial charge on any atom is 0.320 e. The van der Waals surface area contributed by atoms with Crippen molar-refractivity contribution < 1.29 is 38.6 Å². The van der Waals surface area contributed by atoms with Crippen LogP contribution in [-0.2, 0) is 52.8 Å². The number of aromatic nitrogens is 12. The number of carboxylic acid groups (broad SMARTS) is 1.